The highest BCUT2D eigenvalue weighted by Gasteiger charge is 2.24. The van der Waals surface area contributed by atoms with Gasteiger partial charge in [0.15, 0.2) is 0 Å². The van der Waals surface area contributed by atoms with Crippen LogP contribution in [0.2, 0.25) is 0 Å². The predicted molar refractivity (Wildman–Crippen MR) is 107 cm³/mol. The van der Waals surface area contributed by atoms with Crippen LogP contribution in [-0.2, 0) is 13.0 Å². The Morgan fingerprint density at radius 1 is 1.11 bits per heavy atom. The molecule has 0 spiro atoms. The second-order valence-corrected chi connectivity index (χ2v) is 6.95. The van der Waals surface area contributed by atoms with Crippen LogP contribution < -0.4 is 10.6 Å². The number of carbonyl (C=O) groups is 1. The molecule has 2 aromatic carbocycles. The van der Waals surface area contributed by atoms with E-state index in [1.807, 2.05) is 24.3 Å². The molecule has 0 saturated heterocycles. The zero-order valence-corrected chi connectivity index (χ0v) is 15.4. The van der Waals surface area contributed by atoms with Crippen LogP contribution in [0.15, 0.2) is 67.3 Å². The lowest BCUT2D eigenvalue weighted by molar-refractivity contribution is 0.0870. The van der Waals surface area contributed by atoms with Crippen LogP contribution >= 0.6 is 0 Å². The van der Waals surface area contributed by atoms with E-state index in [9.17, 15) is 9.90 Å². The molecule has 1 aliphatic heterocycles. The highest BCUT2D eigenvalue weighted by molar-refractivity contribution is 5.95. The molecule has 3 N–H and O–H groups in total. The van der Waals surface area contributed by atoms with Gasteiger partial charge in [0.25, 0.3) is 5.91 Å². The molecule has 0 fully saturated rings. The van der Waals surface area contributed by atoms with E-state index in [4.69, 9.17) is 0 Å². The third-order valence-electron chi connectivity index (χ3n) is 5.07. The Morgan fingerprint density at radius 2 is 1.89 bits per heavy atom. The lowest BCUT2D eigenvalue weighted by Crippen LogP contribution is -2.49. The minimum atomic E-state index is -0.664. The molecule has 142 valence electrons. The molecule has 1 amide bonds. The van der Waals surface area contributed by atoms with E-state index in [0.717, 1.165) is 24.1 Å². The van der Waals surface area contributed by atoms with Crippen molar-refractivity contribution in [1.29, 1.82) is 0 Å². The summed E-state index contributed by atoms with van der Waals surface area (Å²) in [6, 6.07) is 15.4. The van der Waals surface area contributed by atoms with Gasteiger partial charge in [0.2, 0.25) is 0 Å². The number of fused-ring (bicyclic) bond motifs is 1. The molecule has 0 bridgehead atoms. The standard InChI is InChI=1S/C22H22N4O2/c27-21(20-9-16-4-1-2-5-18(16)12-25-20)13-26-22(28)17-7-3-6-15(8-17)19-10-23-14-24-11-19/h1-8,10-11,14,20-21,25,27H,9,12-13H2,(H,26,28)/t20-,21?/m0/s1. The molecule has 1 aromatic heterocycles. The van der Waals surface area contributed by atoms with Gasteiger partial charge in [0.1, 0.15) is 6.33 Å². The fraction of sp³-hybridized carbons (Fsp3) is 0.227. The van der Waals surface area contributed by atoms with Crippen LogP contribution in [0.25, 0.3) is 11.1 Å². The van der Waals surface area contributed by atoms with Gasteiger partial charge in [-0.25, -0.2) is 9.97 Å². The summed E-state index contributed by atoms with van der Waals surface area (Å²) >= 11 is 0. The van der Waals surface area contributed by atoms with Gasteiger partial charge in [0, 0.05) is 42.7 Å². The number of aromatic nitrogens is 2. The minimum Gasteiger partial charge on any atom is -0.390 e. The summed E-state index contributed by atoms with van der Waals surface area (Å²) in [6.07, 6.45) is 4.97. The van der Waals surface area contributed by atoms with Gasteiger partial charge >= 0.3 is 0 Å². The number of carbonyl (C=O) groups excluding carboxylic acids is 1. The van der Waals surface area contributed by atoms with Gasteiger partial charge in [0.05, 0.1) is 6.10 Å². The molecule has 2 atom stereocenters. The van der Waals surface area contributed by atoms with Crippen LogP contribution in [-0.4, -0.2) is 39.7 Å². The maximum absolute atomic E-state index is 12.5. The van der Waals surface area contributed by atoms with Gasteiger partial charge in [-0.05, 0) is 35.2 Å². The monoisotopic (exact) mass is 374 g/mol. The van der Waals surface area contributed by atoms with Crippen molar-refractivity contribution in [2.24, 2.45) is 0 Å². The van der Waals surface area contributed by atoms with Crippen LogP contribution in [0.3, 0.4) is 0 Å². The maximum Gasteiger partial charge on any atom is 0.251 e. The first-order valence-electron chi connectivity index (χ1n) is 9.32. The molecule has 6 nitrogen and oxygen atoms in total. The van der Waals surface area contributed by atoms with E-state index in [2.05, 4.69) is 32.7 Å². The molecular weight excluding hydrogens is 352 g/mol. The van der Waals surface area contributed by atoms with Crippen molar-refractivity contribution in [3.05, 3.63) is 83.9 Å². The van der Waals surface area contributed by atoms with Crippen LogP contribution in [0, 0.1) is 0 Å². The lowest BCUT2D eigenvalue weighted by Gasteiger charge is -2.30. The third kappa shape index (κ3) is 4.08. The minimum absolute atomic E-state index is 0.0806. The molecule has 4 rings (SSSR count). The molecule has 6 heteroatoms. The molecule has 3 aromatic rings. The van der Waals surface area contributed by atoms with Crippen LogP contribution in [0.4, 0.5) is 0 Å². The Hall–Kier alpha value is -3.09. The number of aliphatic hydroxyl groups excluding tert-OH is 1. The molecule has 1 unspecified atom stereocenters. The first-order chi connectivity index (χ1) is 13.7. The zero-order chi connectivity index (χ0) is 19.3. The number of hydrogen-bond acceptors (Lipinski definition) is 5. The van der Waals surface area contributed by atoms with Crippen molar-refractivity contribution in [2.45, 2.75) is 25.1 Å². The fourth-order valence-electron chi connectivity index (χ4n) is 3.48. The molecule has 28 heavy (non-hydrogen) atoms. The van der Waals surface area contributed by atoms with E-state index in [0.29, 0.717) is 5.56 Å². The molecule has 0 radical (unpaired) electrons. The zero-order valence-electron chi connectivity index (χ0n) is 15.4. The van der Waals surface area contributed by atoms with Crippen LogP contribution in [0.5, 0.6) is 0 Å². The second kappa shape index (κ2) is 8.29. The summed E-state index contributed by atoms with van der Waals surface area (Å²) < 4.78 is 0. The quantitative estimate of drug-likeness (QED) is 0.635. The Balaban J connectivity index is 1.37. The number of rotatable bonds is 5. The first kappa shape index (κ1) is 18.3. The number of hydrogen-bond donors (Lipinski definition) is 3. The molecular formula is C22H22N4O2. The van der Waals surface area contributed by atoms with E-state index in [-0.39, 0.29) is 18.5 Å². The van der Waals surface area contributed by atoms with Gasteiger partial charge < -0.3 is 15.7 Å². The average Bonchev–Trinajstić information content (AvgIpc) is 2.77. The Kier molecular flexibility index (Phi) is 5.41. The summed E-state index contributed by atoms with van der Waals surface area (Å²) in [5, 5.41) is 16.7. The maximum atomic E-state index is 12.5. The first-order valence-corrected chi connectivity index (χ1v) is 9.32. The van der Waals surface area contributed by atoms with Gasteiger partial charge in [-0.15, -0.1) is 0 Å². The van der Waals surface area contributed by atoms with Gasteiger partial charge in [-0.2, -0.15) is 0 Å². The molecule has 1 aliphatic rings. The topological polar surface area (TPSA) is 87.1 Å². The second-order valence-electron chi connectivity index (χ2n) is 6.95. The summed E-state index contributed by atoms with van der Waals surface area (Å²) in [4.78, 5) is 20.6. The Morgan fingerprint density at radius 3 is 2.71 bits per heavy atom. The molecule has 0 aliphatic carbocycles. The van der Waals surface area contributed by atoms with Crippen molar-refractivity contribution in [2.75, 3.05) is 6.54 Å². The molecule has 0 saturated carbocycles. The Labute approximate surface area is 163 Å². The highest BCUT2D eigenvalue weighted by atomic mass is 16.3. The number of nitrogens with zero attached hydrogens (tertiary/aromatic N) is 2. The number of benzene rings is 2. The smallest absolute Gasteiger partial charge is 0.251 e. The van der Waals surface area contributed by atoms with Crippen molar-refractivity contribution >= 4 is 5.91 Å². The van der Waals surface area contributed by atoms with E-state index in [1.54, 1.807) is 24.5 Å². The summed E-state index contributed by atoms with van der Waals surface area (Å²) in [5.74, 6) is -0.214. The summed E-state index contributed by atoms with van der Waals surface area (Å²) in [7, 11) is 0. The third-order valence-corrected chi connectivity index (χ3v) is 5.07. The fourth-order valence-corrected chi connectivity index (χ4v) is 3.48. The van der Waals surface area contributed by atoms with Crippen molar-refractivity contribution in [3.63, 3.8) is 0 Å². The number of nitrogens with one attached hydrogen (secondary N) is 2. The highest BCUT2D eigenvalue weighted by Crippen LogP contribution is 2.19. The average molecular weight is 374 g/mol. The van der Waals surface area contributed by atoms with Gasteiger partial charge in [-0.3, -0.25) is 4.79 Å². The largest absolute Gasteiger partial charge is 0.390 e. The van der Waals surface area contributed by atoms with Crippen LogP contribution in [0.1, 0.15) is 21.5 Å². The van der Waals surface area contributed by atoms with E-state index < -0.39 is 6.10 Å². The summed E-state index contributed by atoms with van der Waals surface area (Å²) in [5.41, 5.74) is 4.77. The van der Waals surface area contributed by atoms with Crippen molar-refractivity contribution in [3.8, 4) is 11.1 Å². The molecule has 2 heterocycles. The van der Waals surface area contributed by atoms with Crippen molar-refractivity contribution in [1.82, 2.24) is 20.6 Å². The SMILES string of the molecule is O=C(NCC(O)[C@@H]1Cc2ccccc2CN1)c1cccc(-c2cncnc2)c1. The van der Waals surface area contributed by atoms with Gasteiger partial charge in [-0.1, -0.05) is 36.4 Å². The van der Waals surface area contributed by atoms with Crippen molar-refractivity contribution < 1.29 is 9.90 Å². The van der Waals surface area contributed by atoms with E-state index >= 15 is 0 Å². The number of amides is 1. The predicted octanol–water partition coefficient (Wildman–Crippen LogP) is 1.95. The normalized spacial score (nSPS) is 16.8. The lowest BCUT2D eigenvalue weighted by atomic mass is 9.93. The number of aliphatic hydroxyl groups is 1. The Bertz CT molecular complexity index is 962. The summed E-state index contributed by atoms with van der Waals surface area (Å²) in [6.45, 7) is 0.921. The van der Waals surface area contributed by atoms with E-state index in [1.165, 1.54) is 17.5 Å².